The minimum atomic E-state index is -4.61. The molecule has 1 aromatic carbocycles. The van der Waals surface area contributed by atoms with Crippen molar-refractivity contribution in [3.63, 3.8) is 0 Å². The topological polar surface area (TPSA) is 74.8 Å². The molecule has 0 aromatic heterocycles. The van der Waals surface area contributed by atoms with Crippen molar-refractivity contribution in [3.05, 3.63) is 42.0 Å². The first kappa shape index (κ1) is 19.0. The summed E-state index contributed by atoms with van der Waals surface area (Å²) in [5.41, 5.74) is -0.358. The Labute approximate surface area is 142 Å². The van der Waals surface area contributed by atoms with Crippen LogP contribution < -0.4 is 0 Å². The van der Waals surface area contributed by atoms with Crippen LogP contribution in [-0.4, -0.2) is 55.2 Å². The van der Waals surface area contributed by atoms with Crippen LogP contribution in [0.1, 0.15) is 27.6 Å². The van der Waals surface area contributed by atoms with Gasteiger partial charge in [-0.2, -0.15) is 13.2 Å². The lowest BCUT2D eigenvalue weighted by atomic mass is 10.1. The van der Waals surface area contributed by atoms with Gasteiger partial charge in [0.2, 0.25) is 0 Å². The highest BCUT2D eigenvalue weighted by molar-refractivity contribution is 7.90. The zero-order valence-electron chi connectivity index (χ0n) is 13.2. The van der Waals surface area contributed by atoms with E-state index in [4.69, 9.17) is 0 Å². The summed E-state index contributed by atoms with van der Waals surface area (Å²) >= 11 is 0. The summed E-state index contributed by atoms with van der Waals surface area (Å²) in [4.78, 5) is 24.5. The van der Waals surface area contributed by atoms with Gasteiger partial charge in [0.1, 0.15) is 11.4 Å². The Balaban J connectivity index is 2.44. The van der Waals surface area contributed by atoms with Gasteiger partial charge in [-0.15, -0.1) is 6.58 Å². The van der Waals surface area contributed by atoms with Gasteiger partial charge in [-0.3, -0.25) is 9.59 Å². The number of hydrogen-bond acceptors (Lipinski definition) is 4. The number of fused-ring (bicyclic) bond motifs is 1. The Morgan fingerprint density at radius 2 is 2.00 bits per heavy atom. The van der Waals surface area contributed by atoms with Crippen LogP contribution in [0.25, 0.3) is 0 Å². The summed E-state index contributed by atoms with van der Waals surface area (Å²) in [6.07, 6.45) is -3.48. The Morgan fingerprint density at radius 1 is 1.36 bits per heavy atom. The second-order valence-corrected chi connectivity index (χ2v) is 7.11. The van der Waals surface area contributed by atoms with Crippen LogP contribution in [0.5, 0.6) is 0 Å². The highest BCUT2D eigenvalue weighted by atomic mass is 32.2. The highest BCUT2D eigenvalue weighted by Crippen LogP contribution is 2.31. The molecule has 0 saturated carbocycles. The van der Waals surface area contributed by atoms with Crippen molar-refractivity contribution < 1.29 is 31.2 Å². The Bertz CT molecular complexity index is 834. The number of carbonyl (C=O) groups is 2. The van der Waals surface area contributed by atoms with Gasteiger partial charge >= 0.3 is 6.18 Å². The third-order valence-corrected chi connectivity index (χ3v) is 5.45. The average Bonchev–Trinajstić information content (AvgIpc) is 2.71. The molecule has 0 saturated heterocycles. The van der Waals surface area contributed by atoms with Gasteiger partial charge in [0, 0.05) is 18.7 Å². The quantitative estimate of drug-likeness (QED) is 0.737. The van der Waals surface area contributed by atoms with E-state index in [2.05, 4.69) is 6.58 Å². The molecule has 2 rings (SSSR count). The van der Waals surface area contributed by atoms with Gasteiger partial charge in [0.05, 0.1) is 5.56 Å². The molecule has 10 heteroatoms. The molecule has 0 atom stereocenters. The number of halogens is 3. The number of rotatable bonds is 5. The van der Waals surface area contributed by atoms with Crippen LogP contribution in [0.2, 0.25) is 0 Å². The summed E-state index contributed by atoms with van der Waals surface area (Å²) in [6.45, 7) is 2.84. The van der Waals surface area contributed by atoms with E-state index in [0.29, 0.717) is 9.21 Å². The second kappa shape index (κ2) is 6.51. The maximum atomic E-state index is 12.6. The van der Waals surface area contributed by atoms with Crippen LogP contribution in [0.15, 0.2) is 35.7 Å². The van der Waals surface area contributed by atoms with E-state index >= 15 is 0 Å². The fourth-order valence-corrected chi connectivity index (χ4v) is 4.10. The maximum Gasteiger partial charge on any atom is 0.406 e. The molecule has 2 amide bonds. The SMILES string of the molecule is C=CCN(CC(F)(F)F)C(=O)c1ccc2c(c1)S(=O)(=O)N(CC)C2=O. The van der Waals surface area contributed by atoms with Crippen molar-refractivity contribution in [2.75, 3.05) is 19.6 Å². The van der Waals surface area contributed by atoms with E-state index in [1.54, 1.807) is 0 Å². The molecule has 0 bridgehead atoms. The molecule has 1 aliphatic rings. The number of alkyl halides is 3. The molecular weight excluding hydrogens is 361 g/mol. The predicted molar refractivity (Wildman–Crippen MR) is 82.5 cm³/mol. The fourth-order valence-electron chi connectivity index (χ4n) is 2.50. The van der Waals surface area contributed by atoms with Crippen LogP contribution in [0, 0.1) is 0 Å². The van der Waals surface area contributed by atoms with E-state index in [-0.39, 0.29) is 29.1 Å². The number of carbonyl (C=O) groups excluding carboxylic acids is 2. The first-order chi connectivity index (χ1) is 11.5. The van der Waals surface area contributed by atoms with Gasteiger partial charge < -0.3 is 4.90 Å². The minimum absolute atomic E-state index is 0.0875. The fraction of sp³-hybridized carbons (Fsp3) is 0.333. The zero-order chi connectivity index (χ0) is 19.0. The molecule has 0 radical (unpaired) electrons. The summed E-state index contributed by atoms with van der Waals surface area (Å²) in [5, 5.41) is 0. The summed E-state index contributed by atoms with van der Waals surface area (Å²) in [6, 6.07) is 3.21. The highest BCUT2D eigenvalue weighted by Gasteiger charge is 2.41. The molecular formula is C15H15F3N2O4S. The van der Waals surface area contributed by atoms with E-state index < -0.39 is 34.6 Å². The van der Waals surface area contributed by atoms with Crippen molar-refractivity contribution in [3.8, 4) is 0 Å². The van der Waals surface area contributed by atoms with Gasteiger partial charge in [0.25, 0.3) is 21.8 Å². The first-order valence-corrected chi connectivity index (χ1v) is 8.65. The molecule has 6 nitrogen and oxygen atoms in total. The lowest BCUT2D eigenvalue weighted by Crippen LogP contribution is -2.39. The van der Waals surface area contributed by atoms with Gasteiger partial charge in [-0.25, -0.2) is 12.7 Å². The van der Waals surface area contributed by atoms with E-state index in [1.807, 2.05) is 0 Å². The lowest BCUT2D eigenvalue weighted by Gasteiger charge is -2.22. The van der Waals surface area contributed by atoms with Crippen LogP contribution in [0.3, 0.4) is 0 Å². The number of nitrogens with zero attached hydrogens (tertiary/aromatic N) is 2. The lowest BCUT2D eigenvalue weighted by molar-refractivity contribution is -0.139. The molecule has 0 aliphatic carbocycles. The molecule has 0 N–H and O–H groups in total. The largest absolute Gasteiger partial charge is 0.406 e. The average molecular weight is 376 g/mol. The number of hydrogen-bond donors (Lipinski definition) is 0. The van der Waals surface area contributed by atoms with E-state index in [0.717, 1.165) is 24.3 Å². The van der Waals surface area contributed by atoms with Crippen molar-refractivity contribution >= 4 is 21.8 Å². The maximum absolute atomic E-state index is 12.6. The van der Waals surface area contributed by atoms with Gasteiger partial charge in [-0.1, -0.05) is 6.08 Å². The number of amides is 2. The van der Waals surface area contributed by atoms with Crippen molar-refractivity contribution in [1.82, 2.24) is 9.21 Å². The second-order valence-electron chi connectivity index (χ2n) is 5.28. The third-order valence-electron chi connectivity index (χ3n) is 3.55. The van der Waals surface area contributed by atoms with Gasteiger partial charge in [0.15, 0.2) is 0 Å². The molecule has 0 unspecified atom stereocenters. The molecule has 1 heterocycles. The van der Waals surface area contributed by atoms with Crippen LogP contribution in [0.4, 0.5) is 13.2 Å². The molecule has 1 aliphatic heterocycles. The van der Waals surface area contributed by atoms with Gasteiger partial charge in [-0.05, 0) is 25.1 Å². The van der Waals surface area contributed by atoms with Crippen molar-refractivity contribution in [2.24, 2.45) is 0 Å². The Morgan fingerprint density at radius 3 is 2.52 bits per heavy atom. The Hall–Kier alpha value is -2.36. The molecule has 136 valence electrons. The smallest absolute Gasteiger partial charge is 0.326 e. The molecule has 0 fully saturated rings. The molecule has 25 heavy (non-hydrogen) atoms. The zero-order valence-corrected chi connectivity index (χ0v) is 14.0. The summed E-state index contributed by atoms with van der Waals surface area (Å²) < 4.78 is 63.1. The minimum Gasteiger partial charge on any atom is -0.326 e. The van der Waals surface area contributed by atoms with E-state index in [1.165, 1.54) is 6.92 Å². The van der Waals surface area contributed by atoms with Crippen LogP contribution in [-0.2, 0) is 10.0 Å². The van der Waals surface area contributed by atoms with Crippen LogP contribution >= 0.6 is 0 Å². The number of benzene rings is 1. The molecule has 0 spiro atoms. The molecule has 1 aromatic rings. The summed E-state index contributed by atoms with van der Waals surface area (Å²) in [7, 11) is -4.10. The van der Waals surface area contributed by atoms with Crippen molar-refractivity contribution in [1.29, 1.82) is 0 Å². The Kier molecular flexibility index (Phi) is 4.94. The standard InChI is InChI=1S/C15H15F3N2O4S/c1-3-7-19(9-15(16,17)18)13(21)10-5-6-11-12(8-10)25(23,24)20(4-2)14(11)22/h3,5-6,8H,1,4,7,9H2,2H3. The predicted octanol–water partition coefficient (Wildman–Crippen LogP) is 2.04. The summed E-state index contributed by atoms with van der Waals surface area (Å²) in [5.74, 6) is -1.73. The first-order valence-electron chi connectivity index (χ1n) is 7.21. The van der Waals surface area contributed by atoms with E-state index in [9.17, 15) is 31.2 Å². The van der Waals surface area contributed by atoms with Crippen molar-refractivity contribution in [2.45, 2.75) is 18.0 Å². The normalized spacial score (nSPS) is 15.8. The third kappa shape index (κ3) is 3.53. The monoisotopic (exact) mass is 376 g/mol. The number of sulfonamides is 1.